The number of carbonyl (C=O) groups excluding carboxylic acids is 1. The lowest BCUT2D eigenvalue weighted by molar-refractivity contribution is 0.102. The minimum absolute atomic E-state index is 0.0991. The molecule has 0 spiro atoms. The van der Waals surface area contributed by atoms with Gasteiger partial charge in [-0.1, -0.05) is 24.3 Å². The molecule has 7 heteroatoms. The van der Waals surface area contributed by atoms with Crippen LogP contribution in [-0.4, -0.2) is 21.4 Å². The van der Waals surface area contributed by atoms with Crippen LogP contribution < -0.4 is 14.8 Å². The van der Waals surface area contributed by atoms with Crippen LogP contribution in [0.4, 0.5) is 11.4 Å². The van der Waals surface area contributed by atoms with Crippen molar-refractivity contribution in [2.75, 3.05) is 17.1 Å². The Morgan fingerprint density at radius 3 is 2.33 bits per heavy atom. The number of sulfonamides is 1. The van der Waals surface area contributed by atoms with Gasteiger partial charge in [-0.3, -0.25) is 9.52 Å². The number of anilines is 2. The van der Waals surface area contributed by atoms with E-state index in [4.69, 9.17) is 4.74 Å². The second-order valence-corrected chi connectivity index (χ2v) is 8.15. The van der Waals surface area contributed by atoms with Gasteiger partial charge in [0, 0.05) is 16.9 Å². The molecule has 2 N–H and O–H groups in total. The van der Waals surface area contributed by atoms with Crippen molar-refractivity contribution < 1.29 is 17.9 Å². The highest BCUT2D eigenvalue weighted by Gasteiger charge is 2.15. The number of hydrogen-bond donors (Lipinski definition) is 2. The highest BCUT2D eigenvalue weighted by Crippen LogP contribution is 2.22. The minimum atomic E-state index is -3.72. The van der Waals surface area contributed by atoms with Crippen LogP contribution in [0.25, 0.3) is 0 Å². The van der Waals surface area contributed by atoms with E-state index in [-0.39, 0.29) is 10.8 Å². The van der Waals surface area contributed by atoms with Gasteiger partial charge >= 0.3 is 0 Å². The van der Waals surface area contributed by atoms with E-state index in [9.17, 15) is 13.2 Å². The second kappa shape index (κ2) is 9.28. The van der Waals surface area contributed by atoms with E-state index in [2.05, 4.69) is 16.6 Å². The Kier molecular flexibility index (Phi) is 6.54. The van der Waals surface area contributed by atoms with Crippen LogP contribution in [0.3, 0.4) is 0 Å². The van der Waals surface area contributed by atoms with Crippen molar-refractivity contribution in [3.63, 3.8) is 0 Å². The first-order valence-electron chi connectivity index (χ1n) is 9.20. The molecule has 30 heavy (non-hydrogen) atoms. The van der Waals surface area contributed by atoms with E-state index in [0.29, 0.717) is 29.1 Å². The van der Waals surface area contributed by atoms with Crippen molar-refractivity contribution in [3.05, 3.63) is 96.6 Å². The first-order valence-corrected chi connectivity index (χ1v) is 10.7. The standard InChI is InChI=1S/C23H22N2O4S/c1-3-7-17-16-18(10-15-22(17)29-2)23(26)24-19-11-13-21(14-12-19)30(27,28)25-20-8-5-4-6-9-20/h3-6,8-16,25H,1,7H2,2H3,(H,24,26). The number of methoxy groups -OCH3 is 1. The van der Waals surface area contributed by atoms with E-state index in [1.54, 1.807) is 73.8 Å². The van der Waals surface area contributed by atoms with Crippen LogP contribution in [0.5, 0.6) is 5.75 Å². The molecule has 0 bridgehead atoms. The van der Waals surface area contributed by atoms with Crippen LogP contribution in [0.2, 0.25) is 0 Å². The molecule has 0 aromatic heterocycles. The quantitative estimate of drug-likeness (QED) is 0.524. The maximum Gasteiger partial charge on any atom is 0.261 e. The third-order valence-corrected chi connectivity index (χ3v) is 5.75. The number of nitrogens with one attached hydrogen (secondary N) is 2. The van der Waals surface area contributed by atoms with Crippen LogP contribution in [0.15, 0.2) is 90.3 Å². The maximum absolute atomic E-state index is 12.6. The van der Waals surface area contributed by atoms with Gasteiger partial charge in [-0.05, 0) is 66.6 Å². The largest absolute Gasteiger partial charge is 0.496 e. The van der Waals surface area contributed by atoms with Gasteiger partial charge in [-0.2, -0.15) is 0 Å². The van der Waals surface area contributed by atoms with Gasteiger partial charge in [0.05, 0.1) is 12.0 Å². The maximum atomic E-state index is 12.6. The number of ether oxygens (including phenoxy) is 1. The van der Waals surface area contributed by atoms with Crippen LogP contribution in [0, 0.1) is 0 Å². The van der Waals surface area contributed by atoms with E-state index in [1.165, 1.54) is 12.1 Å². The zero-order valence-corrected chi connectivity index (χ0v) is 17.3. The fourth-order valence-electron chi connectivity index (χ4n) is 2.88. The number of amides is 1. The van der Waals surface area contributed by atoms with E-state index in [0.717, 1.165) is 5.56 Å². The fraction of sp³-hybridized carbons (Fsp3) is 0.0870. The molecular formula is C23H22N2O4S. The van der Waals surface area contributed by atoms with Gasteiger partial charge in [0.2, 0.25) is 0 Å². The van der Waals surface area contributed by atoms with Gasteiger partial charge < -0.3 is 10.1 Å². The van der Waals surface area contributed by atoms with Crippen molar-refractivity contribution in [1.82, 2.24) is 0 Å². The molecule has 0 saturated heterocycles. The molecular weight excluding hydrogens is 400 g/mol. The molecule has 0 aliphatic heterocycles. The molecule has 3 rings (SSSR count). The molecule has 0 fully saturated rings. The lowest BCUT2D eigenvalue weighted by atomic mass is 10.1. The predicted octanol–water partition coefficient (Wildman–Crippen LogP) is 4.48. The van der Waals surface area contributed by atoms with Crippen molar-refractivity contribution >= 4 is 27.3 Å². The summed E-state index contributed by atoms with van der Waals surface area (Å²) in [4.78, 5) is 12.7. The lowest BCUT2D eigenvalue weighted by Gasteiger charge is -2.11. The van der Waals surface area contributed by atoms with Gasteiger partial charge in [-0.25, -0.2) is 8.42 Å². The smallest absolute Gasteiger partial charge is 0.261 e. The topological polar surface area (TPSA) is 84.5 Å². The lowest BCUT2D eigenvalue weighted by Crippen LogP contribution is -2.14. The molecule has 0 saturated carbocycles. The van der Waals surface area contributed by atoms with E-state index in [1.807, 2.05) is 0 Å². The summed E-state index contributed by atoms with van der Waals surface area (Å²) in [6, 6.07) is 19.8. The normalized spacial score (nSPS) is 10.8. The Morgan fingerprint density at radius 2 is 1.70 bits per heavy atom. The van der Waals surface area contributed by atoms with Gasteiger partial charge in [0.1, 0.15) is 5.75 Å². The monoisotopic (exact) mass is 422 g/mol. The summed E-state index contributed by atoms with van der Waals surface area (Å²) in [5, 5.41) is 2.77. The third-order valence-electron chi connectivity index (χ3n) is 4.36. The van der Waals surface area contributed by atoms with Crippen molar-refractivity contribution in [2.24, 2.45) is 0 Å². The molecule has 0 heterocycles. The summed E-state index contributed by atoms with van der Waals surface area (Å²) in [5.41, 5.74) is 2.29. The molecule has 0 aliphatic rings. The van der Waals surface area contributed by atoms with Crippen molar-refractivity contribution in [1.29, 1.82) is 0 Å². The Bertz CT molecular complexity index is 1140. The molecule has 3 aromatic carbocycles. The molecule has 0 aliphatic carbocycles. The van der Waals surface area contributed by atoms with Crippen molar-refractivity contribution in [3.8, 4) is 5.75 Å². The SMILES string of the molecule is C=CCc1cc(C(=O)Nc2ccc(S(=O)(=O)Nc3ccccc3)cc2)ccc1OC. The highest BCUT2D eigenvalue weighted by atomic mass is 32.2. The summed E-state index contributed by atoms with van der Waals surface area (Å²) in [5.74, 6) is 0.382. The average Bonchev–Trinajstić information content (AvgIpc) is 2.74. The number of carbonyl (C=O) groups is 1. The van der Waals surface area contributed by atoms with Crippen LogP contribution in [-0.2, 0) is 16.4 Å². The summed E-state index contributed by atoms with van der Waals surface area (Å²) in [6.45, 7) is 3.72. The number of allylic oxidation sites excluding steroid dienone is 1. The fourth-order valence-corrected chi connectivity index (χ4v) is 3.93. The Labute approximate surface area is 176 Å². The molecule has 0 atom stereocenters. The second-order valence-electron chi connectivity index (χ2n) is 6.47. The minimum Gasteiger partial charge on any atom is -0.496 e. The van der Waals surface area contributed by atoms with E-state index >= 15 is 0 Å². The Hall–Kier alpha value is -3.58. The summed E-state index contributed by atoms with van der Waals surface area (Å²) >= 11 is 0. The first-order chi connectivity index (χ1) is 14.4. The van der Waals surface area contributed by atoms with E-state index < -0.39 is 10.0 Å². The molecule has 154 valence electrons. The Morgan fingerprint density at radius 1 is 1.00 bits per heavy atom. The Balaban J connectivity index is 1.73. The molecule has 3 aromatic rings. The van der Waals surface area contributed by atoms with Crippen LogP contribution >= 0.6 is 0 Å². The summed E-state index contributed by atoms with van der Waals surface area (Å²) in [6.07, 6.45) is 2.31. The summed E-state index contributed by atoms with van der Waals surface area (Å²) < 4.78 is 32.8. The number of para-hydroxylation sites is 1. The van der Waals surface area contributed by atoms with Gasteiger partial charge in [0.25, 0.3) is 15.9 Å². The number of rotatable bonds is 8. The molecule has 6 nitrogen and oxygen atoms in total. The number of hydrogen-bond acceptors (Lipinski definition) is 4. The van der Waals surface area contributed by atoms with Crippen molar-refractivity contribution in [2.45, 2.75) is 11.3 Å². The van der Waals surface area contributed by atoms with Gasteiger partial charge in [0.15, 0.2) is 0 Å². The first kappa shape index (κ1) is 21.1. The van der Waals surface area contributed by atoms with Gasteiger partial charge in [-0.15, -0.1) is 6.58 Å². The molecule has 1 amide bonds. The molecule has 0 radical (unpaired) electrons. The summed E-state index contributed by atoms with van der Waals surface area (Å²) in [7, 11) is -2.14. The average molecular weight is 423 g/mol. The highest BCUT2D eigenvalue weighted by molar-refractivity contribution is 7.92. The third kappa shape index (κ3) is 5.07. The van der Waals surface area contributed by atoms with Crippen LogP contribution in [0.1, 0.15) is 15.9 Å². The zero-order valence-electron chi connectivity index (χ0n) is 16.5. The number of benzene rings is 3. The molecule has 0 unspecified atom stereocenters. The zero-order chi connectivity index (χ0) is 21.6. The predicted molar refractivity (Wildman–Crippen MR) is 119 cm³/mol.